The van der Waals surface area contributed by atoms with Gasteiger partial charge in [0.15, 0.2) is 0 Å². The van der Waals surface area contributed by atoms with Crippen LogP contribution in [0, 0.1) is 0 Å². The summed E-state index contributed by atoms with van der Waals surface area (Å²) < 4.78 is 6.98. The Morgan fingerprint density at radius 3 is 3.12 bits per heavy atom. The summed E-state index contributed by atoms with van der Waals surface area (Å²) in [5, 5.41) is 6.84. The third-order valence-electron chi connectivity index (χ3n) is 2.99. The molecule has 1 unspecified atom stereocenters. The lowest BCUT2D eigenvalue weighted by Crippen LogP contribution is -2.38. The molecule has 0 bridgehead atoms. The maximum atomic E-state index is 11.8. The van der Waals surface area contributed by atoms with E-state index in [0.29, 0.717) is 19.0 Å². The Kier molecular flexibility index (Phi) is 3.63. The van der Waals surface area contributed by atoms with Crippen molar-refractivity contribution in [2.75, 3.05) is 12.3 Å². The van der Waals surface area contributed by atoms with Crippen LogP contribution >= 0.6 is 0 Å². The number of nitrogens with one attached hydrogen (secondary N) is 1. The molecular formula is C11H18N4O2. The molecule has 0 saturated carbocycles. The van der Waals surface area contributed by atoms with Gasteiger partial charge in [0.25, 0.3) is 0 Å². The second kappa shape index (κ2) is 5.18. The van der Waals surface area contributed by atoms with Gasteiger partial charge < -0.3 is 15.8 Å². The van der Waals surface area contributed by atoms with Crippen LogP contribution in [0.3, 0.4) is 0 Å². The number of rotatable bonds is 3. The van der Waals surface area contributed by atoms with Gasteiger partial charge in [-0.2, -0.15) is 5.10 Å². The molecule has 1 aromatic rings. The van der Waals surface area contributed by atoms with Crippen LogP contribution in [0.5, 0.6) is 0 Å². The van der Waals surface area contributed by atoms with Gasteiger partial charge in [0.2, 0.25) is 5.91 Å². The van der Waals surface area contributed by atoms with Crippen LogP contribution in [0.1, 0.15) is 24.8 Å². The molecule has 1 aromatic heterocycles. The lowest BCUT2D eigenvalue weighted by Gasteiger charge is -2.21. The van der Waals surface area contributed by atoms with E-state index in [2.05, 4.69) is 10.4 Å². The van der Waals surface area contributed by atoms with Crippen molar-refractivity contribution in [2.24, 2.45) is 7.05 Å². The molecule has 6 nitrogen and oxygen atoms in total. The Hall–Kier alpha value is -1.56. The highest BCUT2D eigenvalue weighted by Crippen LogP contribution is 2.13. The summed E-state index contributed by atoms with van der Waals surface area (Å²) in [4.78, 5) is 11.8. The molecule has 1 aliphatic heterocycles. The first kappa shape index (κ1) is 11.9. The van der Waals surface area contributed by atoms with Crippen molar-refractivity contribution >= 4 is 11.7 Å². The number of anilines is 1. The van der Waals surface area contributed by atoms with Crippen LogP contribution in [0.2, 0.25) is 0 Å². The first-order chi connectivity index (χ1) is 8.18. The third kappa shape index (κ3) is 2.76. The first-order valence-corrected chi connectivity index (χ1v) is 5.84. The number of hydrogen-bond donors (Lipinski definition) is 2. The van der Waals surface area contributed by atoms with Crippen molar-refractivity contribution in [1.82, 2.24) is 15.1 Å². The molecule has 0 spiro atoms. The van der Waals surface area contributed by atoms with Gasteiger partial charge in [-0.05, 0) is 19.3 Å². The zero-order valence-corrected chi connectivity index (χ0v) is 9.98. The second-order valence-corrected chi connectivity index (χ2v) is 4.25. The molecule has 0 aromatic carbocycles. The van der Waals surface area contributed by atoms with E-state index >= 15 is 0 Å². The fourth-order valence-electron chi connectivity index (χ4n) is 1.87. The van der Waals surface area contributed by atoms with Crippen LogP contribution in [0.4, 0.5) is 5.82 Å². The topological polar surface area (TPSA) is 82.2 Å². The normalized spacial score (nSPS) is 20.2. The summed E-state index contributed by atoms with van der Waals surface area (Å²) in [6.07, 6.45) is 4.25. The van der Waals surface area contributed by atoms with Crippen molar-refractivity contribution in [3.63, 3.8) is 0 Å². The predicted octanol–water partition coefficient (Wildman–Crippen LogP) is 0.188. The molecule has 1 aliphatic rings. The zero-order valence-electron chi connectivity index (χ0n) is 9.98. The van der Waals surface area contributed by atoms with Crippen LogP contribution < -0.4 is 11.1 Å². The second-order valence-electron chi connectivity index (χ2n) is 4.25. The third-order valence-corrected chi connectivity index (χ3v) is 2.99. The van der Waals surface area contributed by atoms with Crippen molar-refractivity contribution in [3.8, 4) is 0 Å². The molecule has 3 N–H and O–H groups in total. The molecular weight excluding hydrogens is 220 g/mol. The molecule has 6 heteroatoms. The monoisotopic (exact) mass is 238 g/mol. The molecule has 0 aliphatic carbocycles. The van der Waals surface area contributed by atoms with E-state index in [1.807, 2.05) is 0 Å². The number of ether oxygens (including phenoxy) is 1. The Labute approximate surface area is 100 Å². The summed E-state index contributed by atoms with van der Waals surface area (Å²) in [7, 11) is 1.77. The molecule has 2 rings (SSSR count). The van der Waals surface area contributed by atoms with Crippen LogP contribution in [0.25, 0.3) is 0 Å². The number of hydrogen-bond acceptors (Lipinski definition) is 4. The van der Waals surface area contributed by atoms with Crippen LogP contribution in [-0.2, 0) is 23.1 Å². The van der Waals surface area contributed by atoms with E-state index in [0.717, 1.165) is 24.8 Å². The number of carbonyl (C=O) groups excluding carboxylic acids is 1. The Morgan fingerprint density at radius 2 is 2.53 bits per heavy atom. The molecule has 0 radical (unpaired) electrons. The van der Waals surface area contributed by atoms with Gasteiger partial charge in [-0.1, -0.05) is 0 Å². The van der Waals surface area contributed by atoms with Crippen molar-refractivity contribution in [3.05, 3.63) is 11.8 Å². The maximum Gasteiger partial charge on any atom is 0.249 e. The molecule has 1 atom stereocenters. The highest BCUT2D eigenvalue weighted by Gasteiger charge is 2.21. The van der Waals surface area contributed by atoms with Gasteiger partial charge >= 0.3 is 0 Å². The van der Waals surface area contributed by atoms with Crippen molar-refractivity contribution < 1.29 is 9.53 Å². The summed E-state index contributed by atoms with van der Waals surface area (Å²) >= 11 is 0. The van der Waals surface area contributed by atoms with E-state index in [9.17, 15) is 4.79 Å². The summed E-state index contributed by atoms with van der Waals surface area (Å²) in [5.41, 5.74) is 6.62. The van der Waals surface area contributed by atoms with Gasteiger partial charge in [0.1, 0.15) is 11.9 Å². The van der Waals surface area contributed by atoms with Crippen molar-refractivity contribution in [1.29, 1.82) is 0 Å². The van der Waals surface area contributed by atoms with Crippen LogP contribution in [0.15, 0.2) is 6.20 Å². The fraction of sp³-hybridized carbons (Fsp3) is 0.636. The van der Waals surface area contributed by atoms with E-state index in [1.165, 1.54) is 0 Å². The number of amides is 1. The number of aromatic nitrogens is 2. The van der Waals surface area contributed by atoms with Crippen LogP contribution in [-0.4, -0.2) is 28.4 Å². The summed E-state index contributed by atoms with van der Waals surface area (Å²) in [6, 6.07) is 0. The minimum absolute atomic E-state index is 0.0621. The fourth-order valence-corrected chi connectivity index (χ4v) is 1.87. The molecule has 1 amide bonds. The smallest absolute Gasteiger partial charge is 0.249 e. The van der Waals surface area contributed by atoms with Gasteiger partial charge in [-0.3, -0.25) is 9.48 Å². The summed E-state index contributed by atoms with van der Waals surface area (Å²) in [6.45, 7) is 1.07. The molecule has 1 fully saturated rings. The molecule has 1 saturated heterocycles. The highest BCUT2D eigenvalue weighted by atomic mass is 16.5. The number of nitrogens with two attached hydrogens (primary N) is 1. The minimum atomic E-state index is -0.304. The van der Waals surface area contributed by atoms with E-state index in [1.54, 1.807) is 17.9 Å². The standard InChI is InChI=1S/C11H18N4O2/c1-15-10(12)8(7-14-15)6-13-11(16)9-4-2-3-5-17-9/h7,9H,2-6,12H2,1H3,(H,13,16). The number of nitrogens with zero attached hydrogens (tertiary/aromatic N) is 2. The highest BCUT2D eigenvalue weighted by molar-refractivity contribution is 5.80. The Bertz CT molecular complexity index is 396. The Balaban J connectivity index is 1.85. The number of aryl methyl sites for hydroxylation is 1. The van der Waals surface area contributed by atoms with Gasteiger partial charge in [0, 0.05) is 25.8 Å². The quantitative estimate of drug-likeness (QED) is 0.787. The average molecular weight is 238 g/mol. The maximum absolute atomic E-state index is 11.8. The van der Waals surface area contributed by atoms with E-state index in [4.69, 9.17) is 10.5 Å². The van der Waals surface area contributed by atoms with Gasteiger partial charge in [-0.15, -0.1) is 0 Å². The number of carbonyl (C=O) groups is 1. The minimum Gasteiger partial charge on any atom is -0.384 e. The van der Waals surface area contributed by atoms with E-state index < -0.39 is 0 Å². The van der Waals surface area contributed by atoms with Crippen molar-refractivity contribution in [2.45, 2.75) is 31.9 Å². The lowest BCUT2D eigenvalue weighted by atomic mass is 10.1. The van der Waals surface area contributed by atoms with Gasteiger partial charge in [0.05, 0.1) is 6.20 Å². The lowest BCUT2D eigenvalue weighted by molar-refractivity contribution is -0.135. The first-order valence-electron chi connectivity index (χ1n) is 5.84. The Morgan fingerprint density at radius 1 is 1.71 bits per heavy atom. The molecule has 17 heavy (non-hydrogen) atoms. The predicted molar refractivity (Wildman–Crippen MR) is 63.1 cm³/mol. The average Bonchev–Trinajstić information content (AvgIpc) is 2.68. The molecule has 94 valence electrons. The SMILES string of the molecule is Cn1ncc(CNC(=O)C2CCCCO2)c1N. The van der Waals surface area contributed by atoms with E-state index in [-0.39, 0.29) is 12.0 Å². The molecule has 2 heterocycles. The number of nitrogen functional groups attached to an aromatic ring is 1. The largest absolute Gasteiger partial charge is 0.384 e. The van der Waals surface area contributed by atoms with Gasteiger partial charge in [-0.25, -0.2) is 0 Å². The summed E-state index contributed by atoms with van der Waals surface area (Å²) in [5.74, 6) is 0.516. The zero-order chi connectivity index (χ0) is 12.3.